The molecule has 1 aromatic rings. The van der Waals surface area contributed by atoms with Crippen LogP contribution in [-0.4, -0.2) is 12.1 Å². The molecule has 0 amide bonds. The molecule has 1 fully saturated rings. The maximum absolute atomic E-state index is 6.42. The van der Waals surface area contributed by atoms with Crippen LogP contribution in [0.3, 0.4) is 0 Å². The van der Waals surface area contributed by atoms with Gasteiger partial charge in [-0.1, -0.05) is 56.5 Å². The quantitative estimate of drug-likeness (QED) is 0.866. The standard InChI is InChI=1S/C18H29NO/c1-4-17(19)18(15-10-8-13(2)9-11-15)20-16-7-5-6-14(3)12-16/h8-11,14,16-18H,4-7,12,19H2,1-3H3. The fourth-order valence-electron chi connectivity index (χ4n) is 3.11. The van der Waals surface area contributed by atoms with Gasteiger partial charge in [-0.3, -0.25) is 0 Å². The molecule has 20 heavy (non-hydrogen) atoms. The van der Waals surface area contributed by atoms with Gasteiger partial charge in [-0.2, -0.15) is 0 Å². The van der Waals surface area contributed by atoms with E-state index < -0.39 is 0 Å². The van der Waals surface area contributed by atoms with Gasteiger partial charge in [-0.05, 0) is 37.7 Å². The van der Waals surface area contributed by atoms with Gasteiger partial charge in [0.05, 0.1) is 12.2 Å². The van der Waals surface area contributed by atoms with Crippen LogP contribution in [0, 0.1) is 12.8 Å². The minimum absolute atomic E-state index is 0.0379. The Morgan fingerprint density at radius 1 is 1.25 bits per heavy atom. The Kier molecular flexibility index (Phi) is 5.62. The maximum atomic E-state index is 6.42. The summed E-state index contributed by atoms with van der Waals surface area (Å²) in [5.74, 6) is 0.783. The molecule has 1 saturated carbocycles. The van der Waals surface area contributed by atoms with E-state index in [9.17, 15) is 0 Å². The van der Waals surface area contributed by atoms with Crippen molar-refractivity contribution in [3.8, 4) is 0 Å². The summed E-state index contributed by atoms with van der Waals surface area (Å²) < 4.78 is 6.42. The molecule has 1 aromatic carbocycles. The monoisotopic (exact) mass is 275 g/mol. The van der Waals surface area contributed by atoms with Crippen LogP contribution in [0.5, 0.6) is 0 Å². The van der Waals surface area contributed by atoms with Crippen LogP contribution >= 0.6 is 0 Å². The first-order valence-electron chi connectivity index (χ1n) is 8.07. The Hall–Kier alpha value is -0.860. The van der Waals surface area contributed by atoms with Gasteiger partial charge in [0, 0.05) is 6.04 Å². The lowest BCUT2D eigenvalue weighted by Gasteiger charge is -2.33. The van der Waals surface area contributed by atoms with E-state index in [0.29, 0.717) is 6.10 Å². The van der Waals surface area contributed by atoms with Crippen molar-refractivity contribution in [3.63, 3.8) is 0 Å². The Labute approximate surface area is 123 Å². The fourth-order valence-corrected chi connectivity index (χ4v) is 3.11. The van der Waals surface area contributed by atoms with E-state index in [1.165, 1.54) is 36.8 Å². The Bertz CT molecular complexity index is 400. The molecule has 4 atom stereocenters. The van der Waals surface area contributed by atoms with E-state index in [2.05, 4.69) is 45.0 Å². The Morgan fingerprint density at radius 2 is 1.95 bits per heavy atom. The largest absolute Gasteiger partial charge is 0.369 e. The molecule has 0 aliphatic heterocycles. The molecule has 112 valence electrons. The lowest BCUT2D eigenvalue weighted by Crippen LogP contribution is -2.34. The van der Waals surface area contributed by atoms with E-state index in [1.807, 2.05) is 0 Å². The first kappa shape index (κ1) is 15.5. The second-order valence-corrected chi connectivity index (χ2v) is 6.43. The van der Waals surface area contributed by atoms with Crippen LogP contribution in [0.4, 0.5) is 0 Å². The molecule has 0 spiro atoms. The number of ether oxygens (including phenoxy) is 1. The number of hydrogen-bond donors (Lipinski definition) is 1. The van der Waals surface area contributed by atoms with Gasteiger partial charge < -0.3 is 10.5 Å². The Morgan fingerprint density at radius 3 is 2.55 bits per heavy atom. The average molecular weight is 275 g/mol. The highest BCUT2D eigenvalue weighted by molar-refractivity contribution is 5.24. The molecular formula is C18H29NO. The molecule has 4 unspecified atom stereocenters. The normalized spacial score (nSPS) is 26.2. The predicted molar refractivity (Wildman–Crippen MR) is 84.7 cm³/mol. The third-order valence-corrected chi connectivity index (χ3v) is 4.49. The number of benzene rings is 1. The zero-order valence-electron chi connectivity index (χ0n) is 13.1. The SMILES string of the molecule is CCC(N)C(OC1CCCC(C)C1)c1ccc(C)cc1. The third kappa shape index (κ3) is 4.07. The van der Waals surface area contributed by atoms with Crippen molar-refractivity contribution >= 4 is 0 Å². The van der Waals surface area contributed by atoms with Gasteiger partial charge in [-0.25, -0.2) is 0 Å². The first-order valence-corrected chi connectivity index (χ1v) is 8.07. The molecule has 0 radical (unpaired) electrons. The molecule has 2 rings (SSSR count). The summed E-state index contributed by atoms with van der Waals surface area (Å²) in [6, 6.07) is 8.72. The van der Waals surface area contributed by atoms with Crippen LogP contribution in [0.1, 0.15) is 63.2 Å². The molecule has 1 aliphatic rings. The summed E-state index contributed by atoms with van der Waals surface area (Å²) in [6.45, 7) is 6.58. The van der Waals surface area contributed by atoms with Crippen LogP contribution in [-0.2, 0) is 4.74 Å². The molecule has 1 aliphatic carbocycles. The van der Waals surface area contributed by atoms with Gasteiger partial charge in [-0.15, -0.1) is 0 Å². The van der Waals surface area contributed by atoms with Gasteiger partial charge >= 0.3 is 0 Å². The Balaban J connectivity index is 2.09. The summed E-state index contributed by atoms with van der Waals surface area (Å²) in [5, 5.41) is 0. The second kappa shape index (κ2) is 7.24. The minimum Gasteiger partial charge on any atom is -0.369 e. The van der Waals surface area contributed by atoms with Gasteiger partial charge in [0.1, 0.15) is 0 Å². The van der Waals surface area contributed by atoms with E-state index in [0.717, 1.165) is 12.3 Å². The van der Waals surface area contributed by atoms with E-state index >= 15 is 0 Å². The molecule has 0 heterocycles. The number of aryl methyl sites for hydroxylation is 1. The van der Waals surface area contributed by atoms with Crippen molar-refractivity contribution < 1.29 is 4.74 Å². The summed E-state index contributed by atoms with van der Waals surface area (Å²) in [7, 11) is 0. The molecule has 0 aromatic heterocycles. The van der Waals surface area contributed by atoms with E-state index in [1.54, 1.807) is 0 Å². The smallest absolute Gasteiger partial charge is 0.0979 e. The fraction of sp³-hybridized carbons (Fsp3) is 0.667. The number of rotatable bonds is 5. The molecule has 2 N–H and O–H groups in total. The highest BCUT2D eigenvalue weighted by atomic mass is 16.5. The molecule has 2 heteroatoms. The van der Waals surface area contributed by atoms with Crippen LogP contribution in [0.2, 0.25) is 0 Å². The molecule has 2 nitrogen and oxygen atoms in total. The van der Waals surface area contributed by atoms with Crippen molar-refractivity contribution in [1.82, 2.24) is 0 Å². The van der Waals surface area contributed by atoms with Gasteiger partial charge in [0.15, 0.2) is 0 Å². The summed E-state index contributed by atoms with van der Waals surface area (Å²) in [6.07, 6.45) is 6.35. The van der Waals surface area contributed by atoms with Gasteiger partial charge in [0.25, 0.3) is 0 Å². The van der Waals surface area contributed by atoms with E-state index in [-0.39, 0.29) is 12.1 Å². The van der Waals surface area contributed by atoms with Crippen molar-refractivity contribution in [2.45, 2.75) is 71.1 Å². The van der Waals surface area contributed by atoms with Crippen molar-refractivity contribution in [2.24, 2.45) is 11.7 Å². The summed E-state index contributed by atoms with van der Waals surface area (Å²) in [4.78, 5) is 0. The number of hydrogen-bond acceptors (Lipinski definition) is 2. The van der Waals surface area contributed by atoms with Crippen LogP contribution in [0.15, 0.2) is 24.3 Å². The maximum Gasteiger partial charge on any atom is 0.0979 e. The summed E-state index contributed by atoms with van der Waals surface area (Å²) in [5.41, 5.74) is 8.82. The highest BCUT2D eigenvalue weighted by Gasteiger charge is 2.26. The van der Waals surface area contributed by atoms with Crippen LogP contribution in [0.25, 0.3) is 0 Å². The first-order chi connectivity index (χ1) is 9.60. The zero-order chi connectivity index (χ0) is 14.5. The third-order valence-electron chi connectivity index (χ3n) is 4.49. The highest BCUT2D eigenvalue weighted by Crippen LogP contribution is 2.31. The van der Waals surface area contributed by atoms with Crippen LogP contribution < -0.4 is 5.73 Å². The average Bonchev–Trinajstić information content (AvgIpc) is 2.45. The van der Waals surface area contributed by atoms with Crippen molar-refractivity contribution in [2.75, 3.05) is 0 Å². The lowest BCUT2D eigenvalue weighted by molar-refractivity contribution is -0.0518. The van der Waals surface area contributed by atoms with Gasteiger partial charge in [0.2, 0.25) is 0 Å². The second-order valence-electron chi connectivity index (χ2n) is 6.43. The number of nitrogens with two attached hydrogens (primary N) is 1. The van der Waals surface area contributed by atoms with E-state index in [4.69, 9.17) is 10.5 Å². The summed E-state index contributed by atoms with van der Waals surface area (Å²) >= 11 is 0. The van der Waals surface area contributed by atoms with Crippen molar-refractivity contribution in [3.05, 3.63) is 35.4 Å². The lowest BCUT2D eigenvalue weighted by atomic mass is 9.88. The molecule has 0 bridgehead atoms. The zero-order valence-corrected chi connectivity index (χ0v) is 13.1. The predicted octanol–water partition coefficient (Wildman–Crippen LogP) is 4.37. The minimum atomic E-state index is 0.0379. The molecular weight excluding hydrogens is 246 g/mol. The van der Waals surface area contributed by atoms with Crippen molar-refractivity contribution in [1.29, 1.82) is 0 Å². The molecule has 0 saturated heterocycles. The topological polar surface area (TPSA) is 35.2 Å².